The molecule has 1 aliphatic rings. The summed E-state index contributed by atoms with van der Waals surface area (Å²) in [7, 11) is 0. The van der Waals surface area contributed by atoms with Crippen LogP contribution in [0.25, 0.3) is 0 Å². The Labute approximate surface area is 91.5 Å². The molecule has 1 heteroatoms. The van der Waals surface area contributed by atoms with Gasteiger partial charge in [-0.2, -0.15) is 0 Å². The van der Waals surface area contributed by atoms with Gasteiger partial charge in [-0.1, -0.05) is 49.8 Å². The lowest BCUT2D eigenvalue weighted by atomic mass is 9.84. The van der Waals surface area contributed by atoms with Gasteiger partial charge in [0.1, 0.15) is 5.82 Å². The zero-order valence-corrected chi connectivity index (χ0v) is 9.43. The second kappa shape index (κ2) is 4.78. The molecule has 0 saturated heterocycles. The maximum absolute atomic E-state index is 13.5. The molecule has 0 amide bonds. The van der Waals surface area contributed by atoms with E-state index in [-0.39, 0.29) is 5.82 Å². The molecule has 2 rings (SSSR count). The summed E-state index contributed by atoms with van der Waals surface area (Å²) in [6, 6.07) is 5.46. The predicted octanol–water partition coefficient (Wildman–Crippen LogP) is 4.26. The summed E-state index contributed by atoms with van der Waals surface area (Å²) >= 11 is 0. The smallest absolute Gasteiger partial charge is 0.126 e. The lowest BCUT2D eigenvalue weighted by Crippen LogP contribution is -2.10. The molecule has 0 bridgehead atoms. The minimum atomic E-state index is -0.0221. The van der Waals surface area contributed by atoms with Crippen molar-refractivity contribution in [3.63, 3.8) is 0 Å². The first-order chi connectivity index (χ1) is 7.25. The standard InChI is InChI=1S/C14H19F/c1-11-7-8-14(15)13(9-11)10-12-5-3-2-4-6-12/h7-9,12H,2-6,10H2,1H3. The van der Waals surface area contributed by atoms with E-state index in [0.717, 1.165) is 17.9 Å². The molecule has 0 nitrogen and oxygen atoms in total. The first-order valence-corrected chi connectivity index (χ1v) is 6.01. The van der Waals surface area contributed by atoms with Crippen molar-refractivity contribution in [1.29, 1.82) is 0 Å². The van der Waals surface area contributed by atoms with Gasteiger partial charge >= 0.3 is 0 Å². The maximum Gasteiger partial charge on any atom is 0.126 e. The van der Waals surface area contributed by atoms with Crippen LogP contribution in [-0.2, 0) is 6.42 Å². The zero-order chi connectivity index (χ0) is 10.7. The Morgan fingerprint density at radius 2 is 1.93 bits per heavy atom. The van der Waals surface area contributed by atoms with E-state index in [0.29, 0.717) is 0 Å². The van der Waals surface area contributed by atoms with E-state index < -0.39 is 0 Å². The fourth-order valence-corrected chi connectivity index (χ4v) is 2.56. The molecule has 1 aromatic carbocycles. The molecule has 0 atom stereocenters. The average Bonchev–Trinajstić information content (AvgIpc) is 2.25. The number of hydrogen-bond donors (Lipinski definition) is 0. The summed E-state index contributed by atoms with van der Waals surface area (Å²) < 4.78 is 13.5. The van der Waals surface area contributed by atoms with Crippen molar-refractivity contribution in [2.45, 2.75) is 45.4 Å². The van der Waals surface area contributed by atoms with Gasteiger partial charge in [-0.25, -0.2) is 4.39 Å². The number of halogens is 1. The number of aryl methyl sites for hydroxylation is 1. The highest BCUT2D eigenvalue weighted by Crippen LogP contribution is 2.27. The summed E-state index contributed by atoms with van der Waals surface area (Å²) in [5.41, 5.74) is 2.09. The van der Waals surface area contributed by atoms with Crippen molar-refractivity contribution >= 4 is 0 Å². The summed E-state index contributed by atoms with van der Waals surface area (Å²) in [6.45, 7) is 2.03. The monoisotopic (exact) mass is 206 g/mol. The third kappa shape index (κ3) is 2.80. The van der Waals surface area contributed by atoms with Crippen molar-refractivity contribution in [3.05, 3.63) is 35.1 Å². The first kappa shape index (κ1) is 10.7. The van der Waals surface area contributed by atoms with E-state index in [2.05, 4.69) is 0 Å². The fourth-order valence-electron chi connectivity index (χ4n) is 2.56. The highest BCUT2D eigenvalue weighted by molar-refractivity contribution is 5.24. The van der Waals surface area contributed by atoms with Crippen molar-refractivity contribution in [3.8, 4) is 0 Å². The quantitative estimate of drug-likeness (QED) is 0.678. The lowest BCUT2D eigenvalue weighted by Gasteiger charge is -2.21. The molecule has 1 saturated carbocycles. The van der Waals surface area contributed by atoms with Gasteiger partial charge < -0.3 is 0 Å². The third-order valence-corrected chi connectivity index (χ3v) is 3.43. The van der Waals surface area contributed by atoms with E-state index in [1.54, 1.807) is 6.07 Å². The van der Waals surface area contributed by atoms with Crippen LogP contribution in [0.3, 0.4) is 0 Å². The van der Waals surface area contributed by atoms with Crippen LogP contribution in [0.15, 0.2) is 18.2 Å². The van der Waals surface area contributed by atoms with Crippen LogP contribution in [0.4, 0.5) is 4.39 Å². The molecule has 0 aromatic heterocycles. The fraction of sp³-hybridized carbons (Fsp3) is 0.571. The van der Waals surface area contributed by atoms with Gasteiger partial charge in [-0.3, -0.25) is 0 Å². The number of benzene rings is 1. The molecule has 0 spiro atoms. The van der Waals surface area contributed by atoms with Crippen LogP contribution in [0.1, 0.15) is 43.2 Å². The second-order valence-corrected chi connectivity index (χ2v) is 4.80. The van der Waals surface area contributed by atoms with Crippen LogP contribution in [0.2, 0.25) is 0 Å². The predicted molar refractivity (Wildman–Crippen MR) is 61.4 cm³/mol. The molecule has 82 valence electrons. The summed E-state index contributed by atoms with van der Waals surface area (Å²) in [4.78, 5) is 0. The Kier molecular flexibility index (Phi) is 3.40. The molecule has 0 heterocycles. The summed E-state index contributed by atoms with van der Waals surface area (Å²) in [6.07, 6.45) is 7.54. The number of rotatable bonds is 2. The van der Waals surface area contributed by atoms with E-state index in [1.807, 2.05) is 19.1 Å². The van der Waals surface area contributed by atoms with E-state index >= 15 is 0 Å². The van der Waals surface area contributed by atoms with Crippen molar-refractivity contribution in [2.75, 3.05) is 0 Å². The van der Waals surface area contributed by atoms with Crippen molar-refractivity contribution in [1.82, 2.24) is 0 Å². The Bertz CT molecular complexity index is 324. The Balaban J connectivity index is 2.05. The van der Waals surface area contributed by atoms with Crippen LogP contribution in [-0.4, -0.2) is 0 Å². The maximum atomic E-state index is 13.5. The highest BCUT2D eigenvalue weighted by atomic mass is 19.1. The molecular formula is C14H19F. The Hall–Kier alpha value is -0.850. The first-order valence-electron chi connectivity index (χ1n) is 6.01. The topological polar surface area (TPSA) is 0 Å². The molecule has 1 aromatic rings. The normalized spacial score (nSPS) is 18.0. The Morgan fingerprint density at radius 3 is 2.67 bits per heavy atom. The third-order valence-electron chi connectivity index (χ3n) is 3.43. The largest absolute Gasteiger partial charge is 0.207 e. The molecule has 0 N–H and O–H groups in total. The summed E-state index contributed by atoms with van der Waals surface area (Å²) in [5.74, 6) is 0.696. The van der Waals surface area contributed by atoms with Crippen LogP contribution in [0.5, 0.6) is 0 Å². The van der Waals surface area contributed by atoms with Gasteiger partial charge in [0.25, 0.3) is 0 Å². The lowest BCUT2D eigenvalue weighted by molar-refractivity contribution is 0.353. The van der Waals surface area contributed by atoms with Crippen molar-refractivity contribution in [2.24, 2.45) is 5.92 Å². The minimum absolute atomic E-state index is 0.0221. The van der Waals surface area contributed by atoms with E-state index in [9.17, 15) is 4.39 Å². The molecule has 0 radical (unpaired) electrons. The zero-order valence-electron chi connectivity index (χ0n) is 9.43. The van der Waals surface area contributed by atoms with Gasteiger partial charge in [0.15, 0.2) is 0 Å². The van der Waals surface area contributed by atoms with Crippen molar-refractivity contribution < 1.29 is 4.39 Å². The molecule has 1 aliphatic carbocycles. The molecule has 0 aliphatic heterocycles. The van der Waals surface area contributed by atoms with Crippen LogP contribution < -0.4 is 0 Å². The van der Waals surface area contributed by atoms with E-state index in [1.165, 1.54) is 37.7 Å². The highest BCUT2D eigenvalue weighted by Gasteiger charge is 2.15. The molecule has 1 fully saturated rings. The molecule has 0 unspecified atom stereocenters. The van der Waals surface area contributed by atoms with E-state index in [4.69, 9.17) is 0 Å². The van der Waals surface area contributed by atoms with Crippen LogP contribution in [0, 0.1) is 18.7 Å². The van der Waals surface area contributed by atoms with Gasteiger partial charge in [0, 0.05) is 0 Å². The van der Waals surface area contributed by atoms with Gasteiger partial charge in [-0.15, -0.1) is 0 Å². The second-order valence-electron chi connectivity index (χ2n) is 4.80. The van der Waals surface area contributed by atoms with Gasteiger partial charge in [0.05, 0.1) is 0 Å². The van der Waals surface area contributed by atoms with Crippen LogP contribution >= 0.6 is 0 Å². The van der Waals surface area contributed by atoms with Gasteiger partial charge in [0.2, 0.25) is 0 Å². The summed E-state index contributed by atoms with van der Waals surface area (Å²) in [5, 5.41) is 0. The number of hydrogen-bond acceptors (Lipinski definition) is 0. The SMILES string of the molecule is Cc1ccc(F)c(CC2CCCCC2)c1. The Morgan fingerprint density at radius 1 is 1.20 bits per heavy atom. The van der Waals surface area contributed by atoms with Gasteiger partial charge in [-0.05, 0) is 30.9 Å². The molecule has 15 heavy (non-hydrogen) atoms. The average molecular weight is 206 g/mol. The molecular weight excluding hydrogens is 187 g/mol. The minimum Gasteiger partial charge on any atom is -0.207 e.